The molecule has 0 bridgehead atoms. The number of fused-ring (bicyclic) bond motifs is 1. The van der Waals surface area contributed by atoms with E-state index in [1.807, 2.05) is 32.0 Å². The molecule has 0 saturated heterocycles. The highest BCUT2D eigenvalue weighted by Gasteiger charge is 2.20. The summed E-state index contributed by atoms with van der Waals surface area (Å²) in [6, 6.07) is 15.7. The second kappa shape index (κ2) is 10.5. The van der Waals surface area contributed by atoms with Crippen LogP contribution in [0.5, 0.6) is 0 Å². The van der Waals surface area contributed by atoms with Crippen LogP contribution in [0.2, 0.25) is 5.02 Å². The number of nitrogens with one attached hydrogen (secondary N) is 1. The van der Waals surface area contributed by atoms with E-state index in [1.54, 1.807) is 47.3 Å². The number of nitrogens with zero attached hydrogens (tertiary/aromatic N) is 4. The summed E-state index contributed by atoms with van der Waals surface area (Å²) in [6.07, 6.45) is 1.55. The number of halogens is 1. The van der Waals surface area contributed by atoms with Gasteiger partial charge in [-0.2, -0.15) is 10.2 Å². The molecular formula is C25H24ClN5O4. The minimum Gasteiger partial charge on any atom is -0.451 e. The predicted molar refractivity (Wildman–Crippen MR) is 133 cm³/mol. The van der Waals surface area contributed by atoms with Gasteiger partial charge in [0.1, 0.15) is 5.82 Å². The highest BCUT2D eigenvalue weighted by atomic mass is 35.5. The number of rotatable bonds is 8. The van der Waals surface area contributed by atoms with Gasteiger partial charge in [-0.05, 0) is 23.6 Å². The van der Waals surface area contributed by atoms with E-state index < -0.39 is 18.5 Å². The number of esters is 1. The third-order valence-corrected chi connectivity index (χ3v) is 5.56. The van der Waals surface area contributed by atoms with Gasteiger partial charge in [0.2, 0.25) is 0 Å². The molecule has 180 valence electrons. The lowest BCUT2D eigenvalue weighted by atomic mass is 10.1. The zero-order valence-corrected chi connectivity index (χ0v) is 20.0. The molecule has 0 unspecified atom stereocenters. The minimum atomic E-state index is -0.793. The molecule has 0 atom stereocenters. The van der Waals surface area contributed by atoms with Crippen molar-refractivity contribution < 1.29 is 14.3 Å². The van der Waals surface area contributed by atoms with Crippen molar-refractivity contribution in [3.05, 3.63) is 87.4 Å². The lowest BCUT2D eigenvalue weighted by molar-refractivity contribution is -0.119. The van der Waals surface area contributed by atoms with Crippen LogP contribution in [0.4, 0.5) is 5.82 Å². The first-order valence-electron chi connectivity index (χ1n) is 11.1. The molecule has 2 aromatic heterocycles. The molecule has 0 saturated carbocycles. The van der Waals surface area contributed by atoms with Gasteiger partial charge in [0.05, 0.1) is 18.1 Å². The number of benzene rings is 2. The van der Waals surface area contributed by atoms with E-state index in [0.29, 0.717) is 34.7 Å². The molecule has 1 N–H and O–H groups in total. The second-order valence-corrected chi connectivity index (χ2v) is 8.77. The molecule has 0 aliphatic rings. The first kappa shape index (κ1) is 24.2. The van der Waals surface area contributed by atoms with E-state index in [9.17, 15) is 14.4 Å². The van der Waals surface area contributed by atoms with Gasteiger partial charge in [0.15, 0.2) is 12.3 Å². The summed E-state index contributed by atoms with van der Waals surface area (Å²) in [5, 5.41) is 12.5. The number of hydrogen-bond acceptors (Lipinski definition) is 6. The summed E-state index contributed by atoms with van der Waals surface area (Å²) in [6.45, 7) is 4.06. The number of aromatic nitrogens is 4. The Kier molecular flexibility index (Phi) is 7.26. The lowest BCUT2D eigenvalue weighted by Gasteiger charge is -2.13. The Labute approximate surface area is 206 Å². The molecule has 0 fully saturated rings. The van der Waals surface area contributed by atoms with E-state index >= 15 is 0 Å². The molecule has 2 heterocycles. The Bertz CT molecular complexity index is 1440. The zero-order valence-electron chi connectivity index (χ0n) is 19.3. The van der Waals surface area contributed by atoms with Crippen LogP contribution in [-0.2, 0) is 22.6 Å². The van der Waals surface area contributed by atoms with Crippen molar-refractivity contribution in [1.29, 1.82) is 0 Å². The lowest BCUT2D eigenvalue weighted by Crippen LogP contribution is -2.29. The topological polar surface area (TPSA) is 108 Å². The van der Waals surface area contributed by atoms with E-state index in [1.165, 1.54) is 4.68 Å². The van der Waals surface area contributed by atoms with Gasteiger partial charge in [0, 0.05) is 23.0 Å². The second-order valence-electron chi connectivity index (χ2n) is 8.37. The average molecular weight is 494 g/mol. The van der Waals surface area contributed by atoms with Crippen molar-refractivity contribution in [1.82, 2.24) is 19.6 Å². The van der Waals surface area contributed by atoms with Gasteiger partial charge in [-0.1, -0.05) is 61.8 Å². The summed E-state index contributed by atoms with van der Waals surface area (Å²) in [5.41, 5.74) is 0.544. The number of carbonyl (C=O) groups is 2. The van der Waals surface area contributed by atoms with Crippen LogP contribution < -0.4 is 10.9 Å². The fourth-order valence-corrected chi connectivity index (χ4v) is 3.78. The number of amides is 1. The normalized spacial score (nSPS) is 11.1. The maximum absolute atomic E-state index is 12.8. The van der Waals surface area contributed by atoms with Gasteiger partial charge in [-0.25, -0.2) is 14.2 Å². The van der Waals surface area contributed by atoms with Crippen molar-refractivity contribution >= 4 is 40.1 Å². The Hall–Kier alpha value is -3.98. The van der Waals surface area contributed by atoms with Gasteiger partial charge >= 0.3 is 5.97 Å². The molecule has 1 amide bonds. The molecule has 0 aliphatic carbocycles. The van der Waals surface area contributed by atoms with Crippen LogP contribution >= 0.6 is 11.6 Å². The third-order valence-electron chi connectivity index (χ3n) is 5.20. The van der Waals surface area contributed by atoms with E-state index in [0.717, 1.165) is 5.56 Å². The van der Waals surface area contributed by atoms with Crippen LogP contribution in [0.25, 0.3) is 10.8 Å². The summed E-state index contributed by atoms with van der Waals surface area (Å²) in [7, 11) is 0. The van der Waals surface area contributed by atoms with Crippen molar-refractivity contribution in [3.63, 3.8) is 0 Å². The minimum absolute atomic E-state index is 0.0163. The Morgan fingerprint density at radius 2 is 1.74 bits per heavy atom. The molecule has 4 aromatic rings. The average Bonchev–Trinajstić information content (AvgIpc) is 3.27. The Morgan fingerprint density at radius 3 is 2.49 bits per heavy atom. The van der Waals surface area contributed by atoms with Crippen LogP contribution in [-0.4, -0.2) is 38.0 Å². The molecular weight excluding hydrogens is 470 g/mol. The first-order chi connectivity index (χ1) is 16.8. The fourth-order valence-electron chi connectivity index (χ4n) is 3.59. The van der Waals surface area contributed by atoms with Crippen molar-refractivity contribution in [2.24, 2.45) is 5.92 Å². The van der Waals surface area contributed by atoms with Gasteiger partial charge in [-0.15, -0.1) is 0 Å². The Morgan fingerprint density at radius 1 is 1.03 bits per heavy atom. The maximum atomic E-state index is 12.8. The number of hydrogen-bond donors (Lipinski definition) is 1. The van der Waals surface area contributed by atoms with Gasteiger partial charge < -0.3 is 10.1 Å². The summed E-state index contributed by atoms with van der Waals surface area (Å²) in [5.74, 6) is -0.760. The quantitative estimate of drug-likeness (QED) is 0.374. The van der Waals surface area contributed by atoms with E-state index in [-0.39, 0.29) is 17.2 Å². The molecule has 35 heavy (non-hydrogen) atoms. The number of anilines is 1. The largest absolute Gasteiger partial charge is 0.451 e. The smallest absolute Gasteiger partial charge is 0.359 e. The Balaban J connectivity index is 1.47. The monoisotopic (exact) mass is 493 g/mol. The van der Waals surface area contributed by atoms with Crippen molar-refractivity contribution in [2.75, 3.05) is 11.9 Å². The SMILES string of the molecule is CC(C)Cn1nc(C(=O)OCC(=O)Nc2ccnn2Cc2ccccc2Cl)c2ccccc2c1=O. The number of ether oxygens (including phenoxy) is 1. The molecule has 0 spiro atoms. The fraction of sp³-hybridized carbons (Fsp3) is 0.240. The van der Waals surface area contributed by atoms with Crippen molar-refractivity contribution in [3.8, 4) is 0 Å². The van der Waals surface area contributed by atoms with Crippen LogP contribution in [0.15, 0.2) is 65.6 Å². The summed E-state index contributed by atoms with van der Waals surface area (Å²) < 4.78 is 8.09. The van der Waals surface area contributed by atoms with Gasteiger partial charge in [-0.3, -0.25) is 9.59 Å². The molecule has 10 heteroatoms. The third kappa shape index (κ3) is 5.58. The van der Waals surface area contributed by atoms with Crippen LogP contribution in [0.3, 0.4) is 0 Å². The predicted octanol–water partition coefficient (Wildman–Crippen LogP) is 3.75. The maximum Gasteiger partial charge on any atom is 0.359 e. The molecule has 4 rings (SSSR count). The zero-order chi connectivity index (χ0) is 24.9. The van der Waals surface area contributed by atoms with Crippen LogP contribution in [0.1, 0.15) is 29.9 Å². The number of carbonyl (C=O) groups excluding carboxylic acids is 2. The van der Waals surface area contributed by atoms with E-state index in [2.05, 4.69) is 15.5 Å². The highest BCUT2D eigenvalue weighted by Crippen LogP contribution is 2.18. The molecule has 0 radical (unpaired) electrons. The highest BCUT2D eigenvalue weighted by molar-refractivity contribution is 6.31. The van der Waals surface area contributed by atoms with Crippen molar-refractivity contribution in [2.45, 2.75) is 26.9 Å². The summed E-state index contributed by atoms with van der Waals surface area (Å²) in [4.78, 5) is 38.1. The first-order valence-corrected chi connectivity index (χ1v) is 11.4. The van der Waals surface area contributed by atoms with Crippen LogP contribution in [0, 0.1) is 5.92 Å². The standard InChI is InChI=1S/C25H24ClN5O4/c1-16(2)13-31-24(33)19-9-5-4-8-18(19)23(29-31)25(34)35-15-22(32)28-21-11-12-27-30(21)14-17-7-3-6-10-20(17)26/h3-12,16H,13-15H2,1-2H3,(H,28,32). The molecule has 0 aliphatic heterocycles. The van der Waals surface area contributed by atoms with E-state index in [4.69, 9.17) is 16.3 Å². The summed E-state index contributed by atoms with van der Waals surface area (Å²) >= 11 is 6.22. The molecule has 9 nitrogen and oxygen atoms in total. The molecule has 2 aromatic carbocycles. The van der Waals surface area contributed by atoms with Gasteiger partial charge in [0.25, 0.3) is 11.5 Å².